The van der Waals surface area contributed by atoms with Crippen LogP contribution in [-0.4, -0.2) is 26.5 Å². The molecule has 0 bridgehead atoms. The average Bonchev–Trinajstić information content (AvgIpc) is 2.28. The van der Waals surface area contributed by atoms with Crippen molar-refractivity contribution in [3.05, 3.63) is 29.8 Å². The van der Waals surface area contributed by atoms with Gasteiger partial charge in [-0.05, 0) is 37.1 Å². The lowest BCUT2D eigenvalue weighted by atomic mass is 10.0. The van der Waals surface area contributed by atoms with E-state index < -0.39 is 0 Å². The summed E-state index contributed by atoms with van der Waals surface area (Å²) in [4.78, 5) is 13.3. The molecule has 17 heavy (non-hydrogen) atoms. The number of carbonyl (C=O) groups excluding carboxylic acids is 1. The van der Waals surface area contributed by atoms with Gasteiger partial charge in [0.1, 0.15) is 0 Å². The summed E-state index contributed by atoms with van der Waals surface area (Å²) in [6.07, 6.45) is 1.08. The minimum absolute atomic E-state index is 0.0732. The molecule has 0 fully saturated rings. The molecule has 0 aliphatic carbocycles. The Morgan fingerprint density at radius 2 is 1.88 bits per heavy atom. The number of anilines is 1. The summed E-state index contributed by atoms with van der Waals surface area (Å²) >= 11 is 0. The van der Waals surface area contributed by atoms with E-state index in [2.05, 4.69) is 31.3 Å². The van der Waals surface area contributed by atoms with E-state index in [1.54, 1.807) is 19.0 Å². The zero-order chi connectivity index (χ0) is 12.8. The van der Waals surface area contributed by atoms with Crippen molar-refractivity contribution in [2.75, 3.05) is 25.5 Å². The van der Waals surface area contributed by atoms with Gasteiger partial charge in [0.2, 0.25) is 5.91 Å². The molecule has 3 heteroatoms. The Morgan fingerprint density at radius 1 is 1.29 bits per heavy atom. The van der Waals surface area contributed by atoms with Crippen molar-refractivity contribution in [1.29, 1.82) is 0 Å². The molecule has 94 valence electrons. The first-order valence-corrected chi connectivity index (χ1v) is 6.04. The fraction of sp³-hybridized carbons (Fsp3) is 0.500. The second kappa shape index (κ2) is 6.40. The molecule has 0 atom stereocenters. The number of nitrogens with one attached hydrogen (secondary N) is 1. The summed E-state index contributed by atoms with van der Waals surface area (Å²) in [6.45, 7) is 4.78. The van der Waals surface area contributed by atoms with Crippen LogP contribution < -0.4 is 10.2 Å². The normalized spacial score (nSPS) is 10.6. The van der Waals surface area contributed by atoms with Gasteiger partial charge in [-0.1, -0.05) is 26.0 Å². The smallest absolute Gasteiger partial charge is 0.240 e. The van der Waals surface area contributed by atoms with Crippen molar-refractivity contribution >= 4 is 11.6 Å². The van der Waals surface area contributed by atoms with Crippen LogP contribution in [0.25, 0.3) is 0 Å². The summed E-state index contributed by atoms with van der Waals surface area (Å²) in [5.41, 5.74) is 2.26. The third kappa shape index (κ3) is 4.19. The molecule has 0 saturated heterocycles. The number of amides is 1. The third-order valence-electron chi connectivity index (χ3n) is 2.67. The van der Waals surface area contributed by atoms with Crippen LogP contribution >= 0.6 is 0 Å². The van der Waals surface area contributed by atoms with Crippen LogP contribution in [0, 0.1) is 5.92 Å². The molecule has 0 unspecified atom stereocenters. The van der Waals surface area contributed by atoms with Crippen LogP contribution in [0.4, 0.5) is 5.69 Å². The van der Waals surface area contributed by atoms with Gasteiger partial charge in [0.05, 0.1) is 6.54 Å². The summed E-state index contributed by atoms with van der Waals surface area (Å²) in [5, 5.41) is 2.86. The Bertz CT molecular complexity index is 357. The molecule has 0 aromatic heterocycles. The highest BCUT2D eigenvalue weighted by molar-refractivity contribution is 5.94. The number of nitrogens with zero attached hydrogens (tertiary/aromatic N) is 1. The van der Waals surface area contributed by atoms with E-state index in [0.29, 0.717) is 12.5 Å². The molecule has 1 amide bonds. The molecule has 0 aliphatic heterocycles. The summed E-state index contributed by atoms with van der Waals surface area (Å²) < 4.78 is 0. The zero-order valence-electron chi connectivity index (χ0n) is 11.2. The number of benzene rings is 1. The van der Waals surface area contributed by atoms with Gasteiger partial charge in [-0.15, -0.1) is 0 Å². The summed E-state index contributed by atoms with van der Waals surface area (Å²) in [5.74, 6) is 0.730. The lowest BCUT2D eigenvalue weighted by Gasteiger charge is -2.17. The van der Waals surface area contributed by atoms with E-state index in [4.69, 9.17) is 0 Å². The molecule has 0 saturated carbocycles. The molecule has 1 rings (SSSR count). The summed E-state index contributed by atoms with van der Waals surface area (Å²) in [7, 11) is 3.58. The van der Waals surface area contributed by atoms with Crippen molar-refractivity contribution in [2.45, 2.75) is 20.3 Å². The Morgan fingerprint density at radius 3 is 2.35 bits per heavy atom. The minimum atomic E-state index is 0.0732. The molecule has 0 aliphatic rings. The van der Waals surface area contributed by atoms with Gasteiger partial charge < -0.3 is 10.2 Å². The fourth-order valence-corrected chi connectivity index (χ4v) is 1.74. The quantitative estimate of drug-likeness (QED) is 0.846. The molecule has 0 radical (unpaired) electrons. The molecule has 1 aromatic rings. The third-order valence-corrected chi connectivity index (χ3v) is 2.67. The van der Waals surface area contributed by atoms with Gasteiger partial charge in [-0.2, -0.15) is 0 Å². The zero-order valence-corrected chi connectivity index (χ0v) is 11.2. The largest absolute Gasteiger partial charge is 0.314 e. The number of carbonyl (C=O) groups is 1. The van der Waals surface area contributed by atoms with Gasteiger partial charge in [-0.3, -0.25) is 4.79 Å². The lowest BCUT2D eigenvalue weighted by molar-refractivity contribution is -0.117. The van der Waals surface area contributed by atoms with Crippen molar-refractivity contribution in [3.8, 4) is 0 Å². The first kappa shape index (κ1) is 13.7. The highest BCUT2D eigenvalue weighted by Gasteiger charge is 2.09. The standard InChI is InChI=1S/C14H22N2O/c1-11(2)9-12-5-7-13(8-6-12)16(4)14(17)10-15-3/h5-8,11,15H,9-10H2,1-4H3. The Balaban J connectivity index is 2.70. The number of hydrogen-bond donors (Lipinski definition) is 1. The maximum Gasteiger partial charge on any atom is 0.240 e. The van der Waals surface area contributed by atoms with Crippen LogP contribution in [0.2, 0.25) is 0 Å². The first-order valence-electron chi connectivity index (χ1n) is 6.04. The summed E-state index contributed by atoms with van der Waals surface area (Å²) in [6, 6.07) is 8.20. The molecule has 1 aromatic carbocycles. The highest BCUT2D eigenvalue weighted by Crippen LogP contribution is 2.16. The van der Waals surface area contributed by atoms with Crippen LogP contribution in [0.1, 0.15) is 19.4 Å². The van der Waals surface area contributed by atoms with Gasteiger partial charge in [0.15, 0.2) is 0 Å². The molecule has 1 N–H and O–H groups in total. The van der Waals surface area contributed by atoms with E-state index in [-0.39, 0.29) is 5.91 Å². The van der Waals surface area contributed by atoms with E-state index in [1.807, 2.05) is 12.1 Å². The van der Waals surface area contributed by atoms with Crippen molar-refractivity contribution in [2.24, 2.45) is 5.92 Å². The van der Waals surface area contributed by atoms with Crippen LogP contribution in [-0.2, 0) is 11.2 Å². The SMILES string of the molecule is CNCC(=O)N(C)c1ccc(CC(C)C)cc1. The van der Waals surface area contributed by atoms with Crippen LogP contribution in [0.15, 0.2) is 24.3 Å². The molecular weight excluding hydrogens is 212 g/mol. The second-order valence-corrected chi connectivity index (χ2v) is 4.75. The van der Waals surface area contributed by atoms with Gasteiger partial charge in [0.25, 0.3) is 0 Å². The minimum Gasteiger partial charge on any atom is -0.314 e. The van der Waals surface area contributed by atoms with Crippen LogP contribution in [0.3, 0.4) is 0 Å². The lowest BCUT2D eigenvalue weighted by Crippen LogP contribution is -2.34. The molecule has 0 spiro atoms. The van der Waals surface area contributed by atoms with Crippen molar-refractivity contribution < 1.29 is 4.79 Å². The number of hydrogen-bond acceptors (Lipinski definition) is 2. The topological polar surface area (TPSA) is 32.3 Å². The second-order valence-electron chi connectivity index (χ2n) is 4.75. The maximum atomic E-state index is 11.7. The maximum absolute atomic E-state index is 11.7. The fourth-order valence-electron chi connectivity index (χ4n) is 1.74. The highest BCUT2D eigenvalue weighted by atomic mass is 16.2. The Hall–Kier alpha value is -1.35. The predicted octanol–water partition coefficient (Wildman–Crippen LogP) is 2.07. The average molecular weight is 234 g/mol. The van der Waals surface area contributed by atoms with E-state index in [0.717, 1.165) is 12.1 Å². The van der Waals surface area contributed by atoms with Crippen LogP contribution in [0.5, 0.6) is 0 Å². The monoisotopic (exact) mass is 234 g/mol. The Kier molecular flexibility index (Phi) is 5.16. The van der Waals surface area contributed by atoms with E-state index >= 15 is 0 Å². The number of rotatable bonds is 5. The van der Waals surface area contributed by atoms with Crippen molar-refractivity contribution in [1.82, 2.24) is 5.32 Å². The molecule has 0 heterocycles. The number of likely N-dealkylation sites (N-methyl/N-ethyl adjacent to an activating group) is 2. The first-order chi connectivity index (χ1) is 8.04. The van der Waals surface area contributed by atoms with E-state index in [9.17, 15) is 4.79 Å². The van der Waals surface area contributed by atoms with Gasteiger partial charge >= 0.3 is 0 Å². The predicted molar refractivity (Wildman–Crippen MR) is 72.3 cm³/mol. The van der Waals surface area contributed by atoms with Gasteiger partial charge in [-0.25, -0.2) is 0 Å². The van der Waals surface area contributed by atoms with Gasteiger partial charge in [0, 0.05) is 12.7 Å². The Labute approximate surface area is 104 Å². The molecular formula is C14H22N2O. The molecule has 3 nitrogen and oxygen atoms in total. The van der Waals surface area contributed by atoms with Crippen molar-refractivity contribution in [3.63, 3.8) is 0 Å². The van der Waals surface area contributed by atoms with E-state index in [1.165, 1.54) is 5.56 Å².